The van der Waals surface area contributed by atoms with Crippen LogP contribution in [0.1, 0.15) is 49.9 Å². The van der Waals surface area contributed by atoms with E-state index in [1.165, 1.54) is 55.9 Å². The number of benzene rings is 7. The number of hydrogen-bond donors (Lipinski definition) is 0. The predicted molar refractivity (Wildman–Crippen MR) is 201 cm³/mol. The maximum absolute atomic E-state index is 6.77. The monoisotopic (exact) mass is 617 g/mol. The van der Waals surface area contributed by atoms with Gasteiger partial charge in [-0.15, -0.1) is 0 Å². The molecule has 48 heavy (non-hydrogen) atoms. The Labute approximate surface area is 280 Å². The van der Waals surface area contributed by atoms with E-state index in [1.54, 1.807) is 0 Å². The predicted octanol–water partition coefficient (Wildman–Crippen LogP) is 12.8. The minimum Gasteiger partial charge on any atom is -0.455 e. The molecule has 2 aliphatic carbocycles. The van der Waals surface area contributed by atoms with Gasteiger partial charge in [0, 0.05) is 38.1 Å². The normalized spacial score (nSPS) is 15.0. The van der Waals surface area contributed by atoms with Gasteiger partial charge in [0.2, 0.25) is 0 Å². The summed E-state index contributed by atoms with van der Waals surface area (Å²) in [6.45, 7) is 9.45. The van der Waals surface area contributed by atoms with Crippen molar-refractivity contribution in [3.63, 3.8) is 0 Å². The van der Waals surface area contributed by atoms with Gasteiger partial charge in [0.25, 0.3) is 0 Å². The molecule has 0 atom stereocenters. The van der Waals surface area contributed by atoms with E-state index < -0.39 is 0 Å². The van der Waals surface area contributed by atoms with E-state index in [1.807, 2.05) is 0 Å². The van der Waals surface area contributed by atoms with E-state index in [0.29, 0.717) is 0 Å². The van der Waals surface area contributed by atoms with Crippen molar-refractivity contribution in [3.05, 3.63) is 162 Å². The van der Waals surface area contributed by atoms with Crippen molar-refractivity contribution in [2.45, 2.75) is 38.5 Å². The van der Waals surface area contributed by atoms with Gasteiger partial charge in [-0.25, -0.2) is 0 Å². The van der Waals surface area contributed by atoms with Crippen LogP contribution in [0.15, 0.2) is 144 Å². The van der Waals surface area contributed by atoms with E-state index in [4.69, 9.17) is 4.42 Å². The minimum absolute atomic E-state index is 0.119. The molecule has 2 aliphatic rings. The summed E-state index contributed by atoms with van der Waals surface area (Å²) in [5.74, 6) is 0. The molecule has 0 saturated carbocycles. The van der Waals surface area contributed by atoms with Gasteiger partial charge in [-0.3, -0.25) is 0 Å². The molecular weight excluding hydrogens is 583 g/mol. The van der Waals surface area contributed by atoms with Crippen LogP contribution in [0.3, 0.4) is 0 Å². The van der Waals surface area contributed by atoms with Crippen LogP contribution >= 0.6 is 0 Å². The molecule has 7 aromatic carbocycles. The van der Waals surface area contributed by atoms with E-state index in [2.05, 4.69) is 172 Å². The Bertz CT molecular complexity index is 2530. The lowest BCUT2D eigenvalue weighted by molar-refractivity contribution is 0.660. The number of rotatable bonds is 3. The van der Waals surface area contributed by atoms with Gasteiger partial charge in [0.15, 0.2) is 0 Å². The van der Waals surface area contributed by atoms with E-state index in [0.717, 1.165) is 38.4 Å². The van der Waals surface area contributed by atoms with Crippen LogP contribution in [0, 0.1) is 0 Å². The lowest BCUT2D eigenvalue weighted by Crippen LogP contribution is -2.17. The molecule has 0 fully saturated rings. The smallest absolute Gasteiger partial charge is 0.145 e. The standard InChI is InChI=1S/C46H35NO/c1-45(2)33-18-8-5-16-31(33)42-35(45)20-12-23-38(42)47(39-24-13-21-36-43(39)32-17-6-9-19-34(32)46(36,3)4)37-22-11-14-28-26-27-30-29-15-7-10-25-40(29)48-44(30)41(28)37/h5-27H,1-4H3. The van der Waals surface area contributed by atoms with Crippen LogP contribution in [0.4, 0.5) is 17.1 Å². The maximum atomic E-state index is 6.77. The molecule has 0 bridgehead atoms. The zero-order chi connectivity index (χ0) is 32.4. The zero-order valence-corrected chi connectivity index (χ0v) is 27.6. The van der Waals surface area contributed by atoms with Crippen molar-refractivity contribution in [1.29, 1.82) is 0 Å². The molecule has 0 saturated heterocycles. The summed E-state index contributed by atoms with van der Waals surface area (Å²) in [5, 5.41) is 4.56. The number of fused-ring (bicyclic) bond motifs is 11. The van der Waals surface area contributed by atoms with Gasteiger partial charge in [-0.1, -0.05) is 137 Å². The van der Waals surface area contributed by atoms with Crippen LogP contribution in [-0.4, -0.2) is 0 Å². The topological polar surface area (TPSA) is 16.4 Å². The molecule has 1 aromatic heterocycles. The fraction of sp³-hybridized carbons (Fsp3) is 0.130. The molecule has 0 unspecified atom stereocenters. The van der Waals surface area contributed by atoms with Gasteiger partial charge in [-0.2, -0.15) is 0 Å². The van der Waals surface area contributed by atoms with Crippen LogP contribution < -0.4 is 4.90 Å². The summed E-state index contributed by atoms with van der Waals surface area (Å²) in [6.07, 6.45) is 0. The molecule has 0 amide bonds. The molecule has 10 rings (SSSR count). The van der Waals surface area contributed by atoms with Crippen molar-refractivity contribution in [2.75, 3.05) is 4.90 Å². The summed E-state index contributed by atoms with van der Waals surface area (Å²) >= 11 is 0. The molecule has 0 aliphatic heterocycles. The first-order valence-corrected chi connectivity index (χ1v) is 17.0. The zero-order valence-electron chi connectivity index (χ0n) is 27.6. The van der Waals surface area contributed by atoms with Crippen molar-refractivity contribution < 1.29 is 4.42 Å². The molecule has 0 spiro atoms. The first-order valence-electron chi connectivity index (χ1n) is 17.0. The fourth-order valence-electron chi connectivity index (χ4n) is 8.95. The number of anilines is 3. The van der Waals surface area contributed by atoms with Gasteiger partial charge in [0.1, 0.15) is 11.2 Å². The number of nitrogens with zero attached hydrogens (tertiary/aromatic N) is 1. The molecular formula is C46H35NO. The third-order valence-electron chi connectivity index (χ3n) is 11.3. The van der Waals surface area contributed by atoms with Crippen molar-refractivity contribution in [1.82, 2.24) is 0 Å². The van der Waals surface area contributed by atoms with Gasteiger partial charge in [0.05, 0.1) is 17.1 Å². The van der Waals surface area contributed by atoms with Gasteiger partial charge in [-0.05, 0) is 69.1 Å². The SMILES string of the molecule is CC1(C)c2ccccc2-c2c(N(c3cccc4c3-c3ccccc3C4(C)C)c3cccc4ccc5c6ccccc6oc5c34)cccc21. The van der Waals surface area contributed by atoms with Gasteiger partial charge < -0.3 is 9.32 Å². The van der Waals surface area contributed by atoms with E-state index in [9.17, 15) is 0 Å². The van der Waals surface area contributed by atoms with E-state index in [-0.39, 0.29) is 10.8 Å². The van der Waals surface area contributed by atoms with Crippen LogP contribution in [0.25, 0.3) is 55.0 Å². The largest absolute Gasteiger partial charge is 0.455 e. The molecule has 1 heterocycles. The van der Waals surface area contributed by atoms with Crippen LogP contribution in [-0.2, 0) is 10.8 Å². The van der Waals surface area contributed by atoms with Gasteiger partial charge >= 0.3 is 0 Å². The lowest BCUT2D eigenvalue weighted by atomic mass is 9.82. The summed E-state index contributed by atoms with van der Waals surface area (Å²) in [7, 11) is 0. The molecule has 0 N–H and O–H groups in total. The molecule has 0 radical (unpaired) electrons. The second-order valence-electron chi connectivity index (χ2n) is 14.5. The quantitative estimate of drug-likeness (QED) is 0.196. The number of furan rings is 1. The molecule has 230 valence electrons. The highest BCUT2D eigenvalue weighted by molar-refractivity contribution is 6.20. The highest BCUT2D eigenvalue weighted by Crippen LogP contribution is 2.58. The molecule has 2 nitrogen and oxygen atoms in total. The Balaban J connectivity index is 1.37. The second kappa shape index (κ2) is 9.49. The first-order chi connectivity index (χ1) is 23.4. The molecule has 8 aromatic rings. The third kappa shape index (κ3) is 3.47. The number of hydrogen-bond acceptors (Lipinski definition) is 2. The number of para-hydroxylation sites is 1. The molecule has 2 heteroatoms. The van der Waals surface area contributed by atoms with Crippen LogP contribution in [0.2, 0.25) is 0 Å². The summed E-state index contributed by atoms with van der Waals surface area (Å²) in [5.41, 5.74) is 15.7. The van der Waals surface area contributed by atoms with Crippen molar-refractivity contribution >= 4 is 49.8 Å². The second-order valence-corrected chi connectivity index (χ2v) is 14.5. The summed E-state index contributed by atoms with van der Waals surface area (Å²) < 4.78 is 6.77. The summed E-state index contributed by atoms with van der Waals surface area (Å²) in [6, 6.07) is 51.3. The Morgan fingerprint density at radius 3 is 1.60 bits per heavy atom. The fourth-order valence-corrected chi connectivity index (χ4v) is 8.95. The Hall–Kier alpha value is -5.60. The average Bonchev–Trinajstić information content (AvgIpc) is 3.69. The lowest BCUT2D eigenvalue weighted by Gasteiger charge is -2.32. The maximum Gasteiger partial charge on any atom is 0.145 e. The van der Waals surface area contributed by atoms with Crippen molar-refractivity contribution in [3.8, 4) is 22.3 Å². The Kier molecular flexibility index (Phi) is 5.44. The highest BCUT2D eigenvalue weighted by atomic mass is 16.3. The average molecular weight is 618 g/mol. The van der Waals surface area contributed by atoms with E-state index >= 15 is 0 Å². The summed E-state index contributed by atoms with van der Waals surface area (Å²) in [4.78, 5) is 2.54. The Morgan fingerprint density at radius 1 is 0.438 bits per heavy atom. The Morgan fingerprint density at radius 2 is 0.958 bits per heavy atom. The minimum atomic E-state index is -0.119. The highest BCUT2D eigenvalue weighted by Gasteiger charge is 2.41. The third-order valence-corrected chi connectivity index (χ3v) is 11.3. The van der Waals surface area contributed by atoms with Crippen molar-refractivity contribution in [2.24, 2.45) is 0 Å². The van der Waals surface area contributed by atoms with Crippen LogP contribution in [0.5, 0.6) is 0 Å². The first kappa shape index (κ1) is 27.5.